The lowest BCUT2D eigenvalue weighted by molar-refractivity contribution is -0.109. The van der Waals surface area contributed by atoms with Crippen molar-refractivity contribution in [2.45, 2.75) is 6.04 Å². The topological polar surface area (TPSA) is 56.8 Å². The number of aldehydes is 1. The summed E-state index contributed by atoms with van der Waals surface area (Å²) in [5.74, 6) is 1.70. The van der Waals surface area contributed by atoms with Crippen LogP contribution < -0.4 is 19.5 Å². The van der Waals surface area contributed by atoms with Gasteiger partial charge in [0.25, 0.3) is 0 Å². The Morgan fingerprint density at radius 3 is 2.00 bits per heavy atom. The second kappa shape index (κ2) is 6.10. The molecule has 5 nitrogen and oxygen atoms in total. The number of hydrogen-bond acceptors (Lipinski definition) is 5. The molecule has 5 heteroatoms. The zero-order valence-corrected chi connectivity index (χ0v) is 10.4. The van der Waals surface area contributed by atoms with Crippen molar-refractivity contribution in [2.24, 2.45) is 0 Å². The molecule has 0 aliphatic carbocycles. The van der Waals surface area contributed by atoms with Gasteiger partial charge in [-0.15, -0.1) is 0 Å². The standard InChI is InChI=1S/C12H17NO4/c1-13-9(7-14)8-5-11(16-3)12(17-4)6-10(8)15-2/h5-7,9,13H,1-4H3. The Hall–Kier alpha value is -1.75. The van der Waals surface area contributed by atoms with Gasteiger partial charge in [-0.25, -0.2) is 0 Å². The summed E-state index contributed by atoms with van der Waals surface area (Å²) in [6.07, 6.45) is 0.809. The number of nitrogens with one attached hydrogen (secondary N) is 1. The number of carbonyl (C=O) groups is 1. The smallest absolute Gasteiger partial charge is 0.164 e. The van der Waals surface area contributed by atoms with Gasteiger partial charge >= 0.3 is 0 Å². The van der Waals surface area contributed by atoms with Crippen molar-refractivity contribution in [1.29, 1.82) is 0 Å². The Kier molecular flexibility index (Phi) is 4.78. The SMILES string of the molecule is CNC(C=O)c1cc(OC)c(OC)cc1OC. The molecule has 0 aromatic heterocycles. The lowest BCUT2D eigenvalue weighted by atomic mass is 10.1. The number of ether oxygens (including phenoxy) is 3. The van der Waals surface area contributed by atoms with Gasteiger partial charge in [0, 0.05) is 11.6 Å². The molecule has 0 saturated carbocycles. The van der Waals surface area contributed by atoms with E-state index in [1.165, 1.54) is 0 Å². The molecule has 1 rings (SSSR count). The third-order valence-electron chi connectivity index (χ3n) is 2.52. The Bertz CT molecular complexity index is 392. The lowest BCUT2D eigenvalue weighted by Gasteiger charge is -2.17. The predicted octanol–water partition coefficient (Wildman–Crippen LogP) is 1.17. The maximum atomic E-state index is 11.0. The number of benzene rings is 1. The molecule has 0 spiro atoms. The molecule has 17 heavy (non-hydrogen) atoms. The molecule has 1 atom stereocenters. The van der Waals surface area contributed by atoms with E-state index in [2.05, 4.69) is 5.32 Å². The van der Waals surface area contributed by atoms with Crippen LogP contribution >= 0.6 is 0 Å². The van der Waals surface area contributed by atoms with Crippen molar-refractivity contribution in [3.63, 3.8) is 0 Å². The van der Waals surface area contributed by atoms with Gasteiger partial charge in [0.05, 0.1) is 27.4 Å². The molecule has 0 fully saturated rings. The van der Waals surface area contributed by atoms with E-state index < -0.39 is 6.04 Å². The predicted molar refractivity (Wildman–Crippen MR) is 64.0 cm³/mol. The Labute approximate surface area is 101 Å². The molecule has 0 bridgehead atoms. The molecule has 0 aliphatic rings. The summed E-state index contributed by atoms with van der Waals surface area (Å²) in [4.78, 5) is 11.0. The van der Waals surface area contributed by atoms with Gasteiger partial charge < -0.3 is 24.3 Å². The summed E-state index contributed by atoms with van der Waals surface area (Å²) in [7, 11) is 6.34. The van der Waals surface area contributed by atoms with E-state index in [-0.39, 0.29) is 0 Å². The van der Waals surface area contributed by atoms with Gasteiger partial charge in [-0.05, 0) is 13.1 Å². The summed E-state index contributed by atoms with van der Waals surface area (Å²) in [6.45, 7) is 0. The second-order valence-corrected chi connectivity index (χ2v) is 3.35. The van der Waals surface area contributed by atoms with Crippen molar-refractivity contribution in [2.75, 3.05) is 28.4 Å². The molecule has 1 aromatic carbocycles. The van der Waals surface area contributed by atoms with Crippen LogP contribution in [0.1, 0.15) is 11.6 Å². The van der Waals surface area contributed by atoms with Crippen LogP contribution in [0.15, 0.2) is 12.1 Å². The highest BCUT2D eigenvalue weighted by Crippen LogP contribution is 2.36. The van der Waals surface area contributed by atoms with Crippen LogP contribution in [0.25, 0.3) is 0 Å². The number of carbonyl (C=O) groups excluding carboxylic acids is 1. The van der Waals surface area contributed by atoms with E-state index >= 15 is 0 Å². The van der Waals surface area contributed by atoms with Crippen molar-refractivity contribution < 1.29 is 19.0 Å². The number of hydrogen-bond donors (Lipinski definition) is 1. The normalized spacial score (nSPS) is 11.8. The van der Waals surface area contributed by atoms with Crippen molar-refractivity contribution >= 4 is 6.29 Å². The van der Waals surface area contributed by atoms with Gasteiger partial charge in [-0.1, -0.05) is 0 Å². The number of likely N-dealkylation sites (N-methyl/N-ethyl adjacent to an activating group) is 1. The van der Waals surface area contributed by atoms with E-state index in [0.717, 1.165) is 6.29 Å². The van der Waals surface area contributed by atoms with Crippen LogP contribution in [0, 0.1) is 0 Å². The molecular formula is C12H17NO4. The van der Waals surface area contributed by atoms with Crippen LogP contribution in [0.3, 0.4) is 0 Å². The second-order valence-electron chi connectivity index (χ2n) is 3.35. The average Bonchev–Trinajstić information content (AvgIpc) is 2.39. The minimum atomic E-state index is -0.440. The Balaban J connectivity index is 3.32. The largest absolute Gasteiger partial charge is 0.496 e. The van der Waals surface area contributed by atoms with Crippen molar-refractivity contribution in [3.05, 3.63) is 17.7 Å². The highest BCUT2D eigenvalue weighted by Gasteiger charge is 2.18. The van der Waals surface area contributed by atoms with Gasteiger partial charge in [0.1, 0.15) is 12.0 Å². The summed E-state index contributed by atoms with van der Waals surface area (Å²) in [5, 5.41) is 2.89. The zero-order valence-electron chi connectivity index (χ0n) is 10.4. The minimum Gasteiger partial charge on any atom is -0.496 e. The third kappa shape index (κ3) is 2.68. The molecule has 0 aliphatic heterocycles. The fraction of sp³-hybridized carbons (Fsp3) is 0.417. The fourth-order valence-electron chi connectivity index (χ4n) is 1.59. The van der Waals surface area contributed by atoms with Crippen LogP contribution in [-0.2, 0) is 4.79 Å². The molecule has 1 aromatic rings. The summed E-state index contributed by atoms with van der Waals surface area (Å²) >= 11 is 0. The van der Waals surface area contributed by atoms with E-state index in [4.69, 9.17) is 14.2 Å². The molecule has 0 heterocycles. The first-order valence-corrected chi connectivity index (χ1v) is 5.14. The molecule has 0 radical (unpaired) electrons. The lowest BCUT2D eigenvalue weighted by Crippen LogP contribution is -2.18. The molecular weight excluding hydrogens is 222 g/mol. The molecule has 0 saturated heterocycles. The van der Waals surface area contributed by atoms with Crippen LogP contribution in [0.4, 0.5) is 0 Å². The highest BCUT2D eigenvalue weighted by molar-refractivity contribution is 5.66. The minimum absolute atomic E-state index is 0.440. The van der Waals surface area contributed by atoms with E-state index in [1.807, 2.05) is 0 Å². The first-order valence-electron chi connectivity index (χ1n) is 5.14. The molecule has 0 amide bonds. The zero-order chi connectivity index (χ0) is 12.8. The summed E-state index contributed by atoms with van der Waals surface area (Å²) < 4.78 is 15.6. The van der Waals surface area contributed by atoms with Gasteiger partial charge in [-0.3, -0.25) is 0 Å². The average molecular weight is 239 g/mol. The van der Waals surface area contributed by atoms with Gasteiger partial charge in [0.15, 0.2) is 11.5 Å². The van der Waals surface area contributed by atoms with Crippen molar-refractivity contribution in [1.82, 2.24) is 5.32 Å². The van der Waals surface area contributed by atoms with Crippen LogP contribution in [-0.4, -0.2) is 34.7 Å². The van der Waals surface area contributed by atoms with E-state index in [9.17, 15) is 4.79 Å². The number of methoxy groups -OCH3 is 3. The van der Waals surface area contributed by atoms with Crippen LogP contribution in [0.2, 0.25) is 0 Å². The number of rotatable bonds is 6. The highest BCUT2D eigenvalue weighted by atomic mass is 16.5. The first kappa shape index (κ1) is 13.3. The maximum absolute atomic E-state index is 11.0. The molecule has 1 unspecified atom stereocenters. The summed E-state index contributed by atoms with van der Waals surface area (Å²) in [5.41, 5.74) is 0.711. The quantitative estimate of drug-likeness (QED) is 0.755. The fourth-order valence-corrected chi connectivity index (χ4v) is 1.59. The van der Waals surface area contributed by atoms with E-state index in [0.29, 0.717) is 22.8 Å². The molecule has 1 N–H and O–H groups in total. The Morgan fingerprint density at radius 1 is 1.06 bits per heavy atom. The Morgan fingerprint density at radius 2 is 1.59 bits per heavy atom. The maximum Gasteiger partial charge on any atom is 0.164 e. The third-order valence-corrected chi connectivity index (χ3v) is 2.52. The van der Waals surface area contributed by atoms with Crippen molar-refractivity contribution in [3.8, 4) is 17.2 Å². The summed E-state index contributed by atoms with van der Waals surface area (Å²) in [6, 6.07) is 2.99. The van der Waals surface area contributed by atoms with Gasteiger partial charge in [0.2, 0.25) is 0 Å². The van der Waals surface area contributed by atoms with E-state index in [1.54, 1.807) is 40.5 Å². The monoisotopic (exact) mass is 239 g/mol. The molecule has 94 valence electrons. The van der Waals surface area contributed by atoms with Gasteiger partial charge in [-0.2, -0.15) is 0 Å². The van der Waals surface area contributed by atoms with Crippen LogP contribution in [0.5, 0.6) is 17.2 Å². The first-order chi connectivity index (χ1) is 8.21.